The van der Waals surface area contributed by atoms with Gasteiger partial charge in [-0.1, -0.05) is 12.1 Å². The van der Waals surface area contributed by atoms with Crippen LogP contribution in [0.2, 0.25) is 0 Å². The smallest absolute Gasteiger partial charge is 0.141 e. The second-order valence-corrected chi connectivity index (χ2v) is 3.92. The Balaban J connectivity index is 2.31. The molecule has 0 atom stereocenters. The Morgan fingerprint density at radius 1 is 1.21 bits per heavy atom. The van der Waals surface area contributed by atoms with Gasteiger partial charge in [0.25, 0.3) is 0 Å². The summed E-state index contributed by atoms with van der Waals surface area (Å²) >= 11 is 0. The van der Waals surface area contributed by atoms with Gasteiger partial charge in [-0.05, 0) is 36.8 Å². The Morgan fingerprint density at radius 2 is 2.07 bits per heavy atom. The third-order valence-corrected chi connectivity index (χ3v) is 2.98. The first kappa shape index (κ1) is 8.10. The summed E-state index contributed by atoms with van der Waals surface area (Å²) in [7, 11) is 5.65. The molecule has 14 heavy (non-hydrogen) atoms. The second kappa shape index (κ2) is 2.87. The largest absolute Gasteiger partial charge is 0.343 e. The lowest BCUT2D eigenvalue weighted by molar-refractivity contribution is 0.680. The predicted octanol–water partition coefficient (Wildman–Crippen LogP) is 1.24. The Bertz CT molecular complexity index is 487. The van der Waals surface area contributed by atoms with Crippen molar-refractivity contribution in [3.8, 4) is 0 Å². The van der Waals surface area contributed by atoms with Crippen LogP contribution < -0.4 is 5.59 Å². The SMILES string of the molecule is [B]c1ccc2c3c([nH]c2n1)CCCC3. The lowest BCUT2D eigenvalue weighted by atomic mass is 9.95. The molecule has 2 heterocycles. The third kappa shape index (κ3) is 1.08. The number of aromatic nitrogens is 2. The van der Waals surface area contributed by atoms with Crippen molar-refractivity contribution in [3.63, 3.8) is 0 Å². The molecule has 1 N–H and O–H groups in total. The van der Waals surface area contributed by atoms with Crippen molar-refractivity contribution in [1.29, 1.82) is 0 Å². The average molecular weight is 182 g/mol. The van der Waals surface area contributed by atoms with Crippen molar-refractivity contribution in [3.05, 3.63) is 23.4 Å². The number of fused-ring (bicyclic) bond motifs is 3. The lowest BCUT2D eigenvalue weighted by Crippen LogP contribution is -2.06. The van der Waals surface area contributed by atoms with E-state index in [-0.39, 0.29) is 0 Å². The van der Waals surface area contributed by atoms with E-state index < -0.39 is 0 Å². The first-order valence-electron chi connectivity index (χ1n) is 5.10. The standard InChI is InChI=1S/C11H11BN2/c12-10-6-5-8-7-3-1-2-4-9(7)13-11(8)14-10/h5-6H,1-4H2,(H,13,14). The number of aryl methyl sites for hydroxylation is 2. The predicted molar refractivity (Wildman–Crippen MR) is 58.1 cm³/mol. The summed E-state index contributed by atoms with van der Waals surface area (Å²) in [4.78, 5) is 7.67. The highest BCUT2D eigenvalue weighted by Crippen LogP contribution is 2.27. The molecular formula is C11H11BN2. The van der Waals surface area contributed by atoms with Gasteiger partial charge >= 0.3 is 0 Å². The summed E-state index contributed by atoms with van der Waals surface area (Å²) in [5, 5.41) is 1.26. The zero-order chi connectivity index (χ0) is 9.54. The van der Waals surface area contributed by atoms with Crippen LogP contribution >= 0.6 is 0 Å². The van der Waals surface area contributed by atoms with Crippen LogP contribution in [-0.4, -0.2) is 17.8 Å². The minimum absolute atomic E-state index is 0.594. The van der Waals surface area contributed by atoms with Gasteiger partial charge < -0.3 is 4.98 Å². The van der Waals surface area contributed by atoms with Crippen LogP contribution in [0.4, 0.5) is 0 Å². The van der Waals surface area contributed by atoms with E-state index in [1.54, 1.807) is 0 Å². The molecule has 1 aliphatic rings. The number of aromatic amines is 1. The van der Waals surface area contributed by atoms with Crippen molar-refractivity contribution < 1.29 is 0 Å². The molecule has 0 amide bonds. The van der Waals surface area contributed by atoms with Crippen LogP contribution in [0.3, 0.4) is 0 Å². The topological polar surface area (TPSA) is 28.7 Å². The first-order valence-corrected chi connectivity index (χ1v) is 5.10. The highest BCUT2D eigenvalue weighted by Gasteiger charge is 2.15. The summed E-state index contributed by atoms with van der Waals surface area (Å²) in [6, 6.07) is 3.96. The lowest BCUT2D eigenvalue weighted by Gasteiger charge is -2.09. The Morgan fingerprint density at radius 3 is 3.00 bits per heavy atom. The van der Waals surface area contributed by atoms with Crippen molar-refractivity contribution in [1.82, 2.24) is 9.97 Å². The van der Waals surface area contributed by atoms with Crippen LogP contribution in [0, 0.1) is 0 Å². The number of hydrogen-bond donors (Lipinski definition) is 1. The minimum atomic E-state index is 0.594. The van der Waals surface area contributed by atoms with E-state index in [9.17, 15) is 0 Å². The monoisotopic (exact) mass is 182 g/mol. The van der Waals surface area contributed by atoms with E-state index >= 15 is 0 Å². The molecule has 2 radical (unpaired) electrons. The van der Waals surface area contributed by atoms with Gasteiger partial charge in [0, 0.05) is 11.1 Å². The maximum Gasteiger partial charge on any atom is 0.141 e. The molecule has 0 saturated carbocycles. The van der Waals surface area contributed by atoms with Gasteiger partial charge in [0.15, 0.2) is 0 Å². The number of nitrogens with zero attached hydrogens (tertiary/aromatic N) is 1. The van der Waals surface area contributed by atoms with E-state index in [4.69, 9.17) is 7.85 Å². The maximum absolute atomic E-state index is 5.65. The second-order valence-electron chi connectivity index (χ2n) is 3.92. The van der Waals surface area contributed by atoms with Gasteiger partial charge in [-0.3, -0.25) is 0 Å². The number of rotatable bonds is 0. The Hall–Kier alpha value is -1.25. The molecule has 0 spiro atoms. The van der Waals surface area contributed by atoms with Crippen LogP contribution in [0.1, 0.15) is 24.1 Å². The molecule has 3 heteroatoms. The number of pyridine rings is 1. The van der Waals surface area contributed by atoms with E-state index in [0.29, 0.717) is 5.59 Å². The van der Waals surface area contributed by atoms with E-state index in [1.165, 1.54) is 35.9 Å². The summed E-state index contributed by atoms with van der Waals surface area (Å²) in [6.07, 6.45) is 4.92. The van der Waals surface area contributed by atoms with Gasteiger partial charge in [0.1, 0.15) is 13.5 Å². The zero-order valence-electron chi connectivity index (χ0n) is 8.01. The zero-order valence-corrected chi connectivity index (χ0v) is 8.01. The normalized spacial score (nSPS) is 15.7. The Labute approximate surface area is 84.1 Å². The van der Waals surface area contributed by atoms with Crippen LogP contribution in [0.15, 0.2) is 12.1 Å². The Kier molecular flexibility index (Phi) is 1.66. The van der Waals surface area contributed by atoms with Crippen molar-refractivity contribution >= 4 is 24.5 Å². The maximum atomic E-state index is 5.65. The molecule has 2 nitrogen and oxygen atoms in total. The fraction of sp³-hybridized carbons (Fsp3) is 0.364. The summed E-state index contributed by atoms with van der Waals surface area (Å²) in [5.41, 5.74) is 4.37. The van der Waals surface area contributed by atoms with Gasteiger partial charge in [0.2, 0.25) is 0 Å². The summed E-state index contributed by atoms with van der Waals surface area (Å²) in [6.45, 7) is 0. The van der Waals surface area contributed by atoms with Gasteiger partial charge in [-0.25, -0.2) is 4.98 Å². The van der Waals surface area contributed by atoms with E-state index in [0.717, 1.165) is 12.1 Å². The molecule has 3 rings (SSSR count). The molecule has 0 fully saturated rings. The molecule has 0 saturated heterocycles. The number of H-pyrrole nitrogens is 1. The molecule has 0 unspecified atom stereocenters. The van der Waals surface area contributed by atoms with Crippen LogP contribution in [-0.2, 0) is 12.8 Å². The van der Waals surface area contributed by atoms with Gasteiger partial charge in [0.05, 0.1) is 0 Å². The molecule has 2 aromatic rings. The van der Waals surface area contributed by atoms with Gasteiger partial charge in [-0.15, -0.1) is 0 Å². The molecule has 0 aromatic carbocycles. The quantitative estimate of drug-likeness (QED) is 0.610. The van der Waals surface area contributed by atoms with Crippen molar-refractivity contribution in [2.45, 2.75) is 25.7 Å². The summed E-state index contributed by atoms with van der Waals surface area (Å²) < 4.78 is 0. The molecule has 0 aliphatic heterocycles. The van der Waals surface area contributed by atoms with Crippen LogP contribution in [0.5, 0.6) is 0 Å². The summed E-state index contributed by atoms with van der Waals surface area (Å²) in [5.74, 6) is 0. The minimum Gasteiger partial charge on any atom is -0.343 e. The van der Waals surface area contributed by atoms with Gasteiger partial charge in [-0.2, -0.15) is 0 Å². The third-order valence-electron chi connectivity index (χ3n) is 2.98. The molecule has 0 bridgehead atoms. The van der Waals surface area contributed by atoms with Crippen molar-refractivity contribution in [2.24, 2.45) is 0 Å². The molecule has 68 valence electrons. The molecule has 2 aromatic heterocycles. The highest BCUT2D eigenvalue weighted by molar-refractivity contribution is 6.31. The number of nitrogens with one attached hydrogen (secondary N) is 1. The number of hydrogen-bond acceptors (Lipinski definition) is 1. The first-order chi connectivity index (χ1) is 6.84. The molecular weight excluding hydrogens is 171 g/mol. The fourth-order valence-corrected chi connectivity index (χ4v) is 2.30. The van der Waals surface area contributed by atoms with Crippen molar-refractivity contribution in [2.75, 3.05) is 0 Å². The van der Waals surface area contributed by atoms with E-state index in [1.807, 2.05) is 6.07 Å². The van der Waals surface area contributed by atoms with E-state index in [2.05, 4.69) is 16.0 Å². The fourth-order valence-electron chi connectivity index (χ4n) is 2.30. The molecule has 1 aliphatic carbocycles. The van der Waals surface area contributed by atoms with Crippen LogP contribution in [0.25, 0.3) is 11.0 Å². The average Bonchev–Trinajstić information content (AvgIpc) is 2.54. The highest BCUT2D eigenvalue weighted by atomic mass is 14.9.